The molecule has 1 amide bonds. The summed E-state index contributed by atoms with van der Waals surface area (Å²) in [6.45, 7) is 5.76. The lowest BCUT2D eigenvalue weighted by atomic mass is 10.0. The summed E-state index contributed by atoms with van der Waals surface area (Å²) in [5.74, 6) is -1.92. The van der Waals surface area contributed by atoms with Crippen molar-refractivity contribution >= 4 is 28.7 Å². The number of nitrogens with one attached hydrogen (secondary N) is 1. The molecular formula is C29H29F2N7O3. The second-order valence-electron chi connectivity index (χ2n) is 10.7. The number of ketones is 1. The second-order valence-corrected chi connectivity index (χ2v) is 10.7. The molecular weight excluding hydrogens is 532 g/mol. The summed E-state index contributed by atoms with van der Waals surface area (Å²) < 4.78 is 37.2. The fourth-order valence-corrected chi connectivity index (χ4v) is 5.05. The summed E-state index contributed by atoms with van der Waals surface area (Å²) in [7, 11) is 0. The van der Waals surface area contributed by atoms with Gasteiger partial charge in [-0.3, -0.25) is 14.3 Å². The van der Waals surface area contributed by atoms with Crippen LogP contribution in [-0.4, -0.2) is 62.2 Å². The van der Waals surface area contributed by atoms with E-state index in [0.29, 0.717) is 36.2 Å². The number of morpholine rings is 1. The Kier molecular flexibility index (Phi) is 6.94. The van der Waals surface area contributed by atoms with E-state index in [4.69, 9.17) is 14.7 Å². The van der Waals surface area contributed by atoms with E-state index in [1.54, 1.807) is 6.92 Å². The number of amides is 1. The van der Waals surface area contributed by atoms with Crippen LogP contribution in [0.5, 0.6) is 0 Å². The molecule has 2 aliphatic rings. The monoisotopic (exact) mass is 561 g/mol. The van der Waals surface area contributed by atoms with Crippen molar-refractivity contribution < 1.29 is 23.1 Å². The molecule has 2 atom stereocenters. The van der Waals surface area contributed by atoms with E-state index in [1.807, 2.05) is 28.9 Å². The highest BCUT2D eigenvalue weighted by atomic mass is 19.1. The quantitative estimate of drug-likeness (QED) is 0.359. The van der Waals surface area contributed by atoms with Crippen LogP contribution < -0.4 is 10.2 Å². The number of hydrogen-bond acceptors (Lipinski definition) is 8. The first-order valence-electron chi connectivity index (χ1n) is 13.5. The fourth-order valence-electron chi connectivity index (χ4n) is 5.05. The van der Waals surface area contributed by atoms with E-state index in [-0.39, 0.29) is 47.0 Å². The SMILES string of the molecule is CC(=O)CNC(=O)c1cc2c(-c3ccc(F)cc3F)nc(N3C[C@@H](C)O[C@@H](c4cnn(C5CC5)c4)C3)nc2nc1C. The first kappa shape index (κ1) is 26.9. The number of halogens is 2. The number of pyridine rings is 1. The van der Waals surface area contributed by atoms with Gasteiger partial charge in [0.05, 0.1) is 48.4 Å². The predicted molar refractivity (Wildman–Crippen MR) is 146 cm³/mol. The van der Waals surface area contributed by atoms with E-state index < -0.39 is 17.5 Å². The molecule has 1 aliphatic carbocycles. The van der Waals surface area contributed by atoms with E-state index >= 15 is 4.39 Å². The first-order chi connectivity index (χ1) is 19.7. The highest BCUT2D eigenvalue weighted by Gasteiger charge is 2.32. The number of benzene rings is 1. The Balaban J connectivity index is 1.43. The molecule has 4 heterocycles. The number of ether oxygens (including phenoxy) is 1. The number of carbonyl (C=O) groups excluding carboxylic acids is 2. The fraction of sp³-hybridized carbons (Fsp3) is 0.379. The van der Waals surface area contributed by atoms with Crippen LogP contribution in [0, 0.1) is 18.6 Å². The molecule has 0 radical (unpaired) electrons. The highest BCUT2D eigenvalue weighted by Crippen LogP contribution is 2.36. The van der Waals surface area contributed by atoms with Crippen molar-refractivity contribution in [2.45, 2.75) is 51.9 Å². The number of hydrogen-bond donors (Lipinski definition) is 1. The Morgan fingerprint density at radius 1 is 1.12 bits per heavy atom. The number of anilines is 1. The third-order valence-corrected chi connectivity index (χ3v) is 7.25. The van der Waals surface area contributed by atoms with Crippen molar-refractivity contribution in [3.05, 3.63) is 65.1 Å². The van der Waals surface area contributed by atoms with Gasteiger partial charge in [0, 0.05) is 35.3 Å². The summed E-state index contributed by atoms with van der Waals surface area (Å²) in [5.41, 5.74) is 2.01. The van der Waals surface area contributed by atoms with Crippen LogP contribution in [0.4, 0.5) is 14.7 Å². The van der Waals surface area contributed by atoms with Crippen LogP contribution in [0.2, 0.25) is 0 Å². The molecule has 1 aromatic carbocycles. The maximum atomic E-state index is 15.1. The molecule has 212 valence electrons. The van der Waals surface area contributed by atoms with Gasteiger partial charge in [0.15, 0.2) is 5.65 Å². The number of aromatic nitrogens is 5. The zero-order valence-corrected chi connectivity index (χ0v) is 22.9. The predicted octanol–water partition coefficient (Wildman–Crippen LogP) is 4.10. The van der Waals surface area contributed by atoms with E-state index in [1.165, 1.54) is 19.1 Å². The number of carbonyl (C=O) groups is 2. The molecule has 12 heteroatoms. The molecule has 41 heavy (non-hydrogen) atoms. The zero-order chi connectivity index (χ0) is 28.8. The largest absolute Gasteiger partial charge is 0.367 e. The molecule has 3 aromatic heterocycles. The molecule has 10 nitrogen and oxygen atoms in total. The summed E-state index contributed by atoms with van der Waals surface area (Å²) in [6.07, 6.45) is 5.64. The standard InChI is InChI=1S/C29H29F2N7O3/c1-15(39)10-32-28(40)22-9-23-26(21-7-4-19(30)8-24(21)31)35-29(36-27(23)34-17(22)3)37-12-16(2)41-25(14-37)18-11-33-38(13-18)20-5-6-20/h4,7-9,11,13,16,20,25H,5-6,10,12,14H2,1-3H3,(H,32,40)/t16-,25-/m1/s1. The molecule has 0 bridgehead atoms. The third-order valence-electron chi connectivity index (χ3n) is 7.25. The van der Waals surface area contributed by atoms with Gasteiger partial charge in [-0.05, 0) is 51.8 Å². The normalized spacial score (nSPS) is 19.0. The Labute approximate surface area is 234 Å². The van der Waals surface area contributed by atoms with Crippen LogP contribution in [0.3, 0.4) is 0 Å². The maximum Gasteiger partial charge on any atom is 0.253 e. The van der Waals surface area contributed by atoms with Crippen LogP contribution in [0.25, 0.3) is 22.3 Å². The number of nitrogens with zero attached hydrogens (tertiary/aromatic N) is 6. The Morgan fingerprint density at radius 3 is 2.66 bits per heavy atom. The highest BCUT2D eigenvalue weighted by molar-refractivity contribution is 6.02. The molecule has 6 rings (SSSR count). The lowest BCUT2D eigenvalue weighted by Crippen LogP contribution is -2.43. The van der Waals surface area contributed by atoms with Gasteiger partial charge in [-0.25, -0.2) is 18.7 Å². The van der Waals surface area contributed by atoms with Crippen molar-refractivity contribution in [3.8, 4) is 11.3 Å². The molecule has 1 saturated heterocycles. The molecule has 0 unspecified atom stereocenters. The van der Waals surface area contributed by atoms with Crippen molar-refractivity contribution in [2.75, 3.05) is 24.5 Å². The smallest absolute Gasteiger partial charge is 0.253 e. The average Bonchev–Trinajstić information content (AvgIpc) is 3.66. The van der Waals surface area contributed by atoms with Crippen molar-refractivity contribution in [3.63, 3.8) is 0 Å². The molecule has 1 N–H and O–H groups in total. The lowest BCUT2D eigenvalue weighted by Gasteiger charge is -2.36. The van der Waals surface area contributed by atoms with Gasteiger partial charge < -0.3 is 15.0 Å². The minimum absolute atomic E-state index is 0.0457. The Morgan fingerprint density at radius 2 is 1.93 bits per heavy atom. The Bertz CT molecular complexity index is 1670. The topological polar surface area (TPSA) is 115 Å². The van der Waals surface area contributed by atoms with Crippen LogP contribution >= 0.6 is 0 Å². The van der Waals surface area contributed by atoms with Gasteiger partial charge in [-0.2, -0.15) is 10.1 Å². The summed E-state index contributed by atoms with van der Waals surface area (Å²) in [4.78, 5) is 40.2. The molecule has 1 saturated carbocycles. The van der Waals surface area contributed by atoms with Crippen LogP contribution in [-0.2, 0) is 9.53 Å². The minimum Gasteiger partial charge on any atom is -0.367 e. The van der Waals surface area contributed by atoms with E-state index in [0.717, 1.165) is 30.5 Å². The molecule has 0 spiro atoms. The van der Waals surface area contributed by atoms with E-state index in [9.17, 15) is 14.0 Å². The Hall–Kier alpha value is -4.32. The zero-order valence-electron chi connectivity index (χ0n) is 22.9. The van der Waals surface area contributed by atoms with Gasteiger partial charge in [0.2, 0.25) is 5.95 Å². The maximum absolute atomic E-state index is 15.1. The van der Waals surface area contributed by atoms with Gasteiger partial charge in [0.25, 0.3) is 5.91 Å². The third kappa shape index (κ3) is 5.51. The molecule has 4 aromatic rings. The van der Waals surface area contributed by atoms with Crippen LogP contribution in [0.1, 0.15) is 60.5 Å². The number of aryl methyl sites for hydroxylation is 1. The van der Waals surface area contributed by atoms with Crippen molar-refractivity contribution in [1.82, 2.24) is 30.0 Å². The van der Waals surface area contributed by atoms with Gasteiger partial charge in [-0.1, -0.05) is 0 Å². The van der Waals surface area contributed by atoms with Gasteiger partial charge in [0.1, 0.15) is 23.5 Å². The van der Waals surface area contributed by atoms with E-state index in [2.05, 4.69) is 15.4 Å². The van der Waals surface area contributed by atoms with Gasteiger partial charge >= 0.3 is 0 Å². The summed E-state index contributed by atoms with van der Waals surface area (Å²) in [5, 5.41) is 7.38. The molecule has 1 aliphatic heterocycles. The van der Waals surface area contributed by atoms with Crippen molar-refractivity contribution in [1.29, 1.82) is 0 Å². The minimum atomic E-state index is -0.806. The van der Waals surface area contributed by atoms with Crippen molar-refractivity contribution in [2.24, 2.45) is 0 Å². The summed E-state index contributed by atoms with van der Waals surface area (Å²) in [6, 6.07) is 5.23. The number of fused-ring (bicyclic) bond motifs is 1. The summed E-state index contributed by atoms with van der Waals surface area (Å²) >= 11 is 0. The number of rotatable bonds is 7. The second kappa shape index (κ2) is 10.6. The van der Waals surface area contributed by atoms with Crippen LogP contribution in [0.15, 0.2) is 36.7 Å². The first-order valence-corrected chi connectivity index (χ1v) is 13.5. The lowest BCUT2D eigenvalue weighted by molar-refractivity contribution is -0.116. The van der Waals surface area contributed by atoms with Gasteiger partial charge in [-0.15, -0.1) is 0 Å². The number of Topliss-reactive ketones (excluding diaryl/α,β-unsaturated/α-hetero) is 1. The average molecular weight is 562 g/mol. The molecule has 2 fully saturated rings.